The van der Waals surface area contributed by atoms with Gasteiger partial charge in [-0.25, -0.2) is 0 Å². The molecule has 2 aliphatic rings. The molecule has 2 unspecified atom stereocenters. The maximum atomic E-state index is 11.1. The Morgan fingerprint density at radius 3 is 1.60 bits per heavy atom. The Kier molecular flexibility index (Phi) is 53.0. The second kappa shape index (κ2) is 49.5. The number of allylic oxidation sites excluding steroid dienone is 1. The molecule has 317 valence electrons. The summed E-state index contributed by atoms with van der Waals surface area (Å²) in [6.07, 6.45) is 37.6. The van der Waals surface area contributed by atoms with Crippen LogP contribution >= 0.6 is 12.6 Å². The summed E-state index contributed by atoms with van der Waals surface area (Å²) in [5.41, 5.74) is 0. The molecule has 8 heteroatoms. The van der Waals surface area contributed by atoms with Crippen LogP contribution in [0.1, 0.15) is 201 Å². The van der Waals surface area contributed by atoms with E-state index in [2.05, 4.69) is 72.1 Å². The van der Waals surface area contributed by atoms with Crippen molar-refractivity contribution in [2.24, 2.45) is 17.8 Å². The van der Waals surface area contributed by atoms with Crippen molar-refractivity contribution in [3.05, 3.63) is 12.7 Å². The molecule has 2 rings (SSSR count). The van der Waals surface area contributed by atoms with Gasteiger partial charge in [0.25, 0.3) is 6.47 Å². The summed E-state index contributed by atoms with van der Waals surface area (Å²) in [7, 11) is 3.25. The molecular weight excluding hydrogens is 746 g/mol. The van der Waals surface area contributed by atoms with Crippen LogP contribution in [0, 0.1) is 17.8 Å². The van der Waals surface area contributed by atoms with Gasteiger partial charge in [0.05, 0.1) is 0 Å². The minimum absolute atomic E-state index is 0.1000. The van der Waals surface area contributed by atoms with Crippen molar-refractivity contribution in [1.82, 2.24) is 5.32 Å². The molecule has 0 amide bonds. The quantitative estimate of drug-likeness (QED) is 0.0239. The third kappa shape index (κ3) is 47.5. The van der Waals surface area contributed by atoms with Crippen molar-refractivity contribution in [1.29, 1.82) is 0 Å². The zero-order valence-electron chi connectivity index (χ0n) is 35.7. The number of carboxylic acid groups (broad SMARTS) is 1. The first-order valence-electron chi connectivity index (χ1n) is 22.1. The number of rotatable bonds is 28. The van der Waals surface area contributed by atoms with E-state index in [9.17, 15) is 9.59 Å². The predicted molar refractivity (Wildman–Crippen MR) is 236 cm³/mol. The van der Waals surface area contributed by atoms with E-state index in [1.54, 1.807) is 14.2 Å². The van der Waals surface area contributed by atoms with Gasteiger partial charge in [0.15, 0.2) is 0 Å². The zero-order chi connectivity index (χ0) is 40.0. The number of ether oxygens (including phenoxy) is 2. The number of hydrogen-bond acceptors (Lipinski definition) is 6. The molecular formula is C45H90NO5SSe. The molecule has 53 heavy (non-hydrogen) atoms. The van der Waals surface area contributed by atoms with Crippen LogP contribution in [0.4, 0.5) is 0 Å². The molecule has 2 atom stereocenters. The van der Waals surface area contributed by atoms with Crippen molar-refractivity contribution in [3.8, 4) is 0 Å². The van der Waals surface area contributed by atoms with Gasteiger partial charge in [-0.3, -0.25) is 4.79 Å². The van der Waals surface area contributed by atoms with E-state index in [0.29, 0.717) is 6.47 Å². The van der Waals surface area contributed by atoms with Crippen LogP contribution in [0.25, 0.3) is 0 Å². The maximum absolute atomic E-state index is 11.1. The number of nitrogens with one attached hydrogen (secondary N) is 1. The SMILES string of the molecule is C=CC1CCNCC1.CCCCCCCCC(C)CCCCCS.CCCCCCCCC(CCCCC[Se])C(=O)O.COC.O=COC1CCCC1. The van der Waals surface area contributed by atoms with Gasteiger partial charge in [-0.1, -0.05) is 97.5 Å². The molecule has 1 saturated heterocycles. The first-order chi connectivity index (χ1) is 25.8. The maximum Gasteiger partial charge on any atom is 0.293 e. The molecule has 0 spiro atoms. The Labute approximate surface area is 344 Å². The van der Waals surface area contributed by atoms with E-state index >= 15 is 0 Å². The predicted octanol–water partition coefficient (Wildman–Crippen LogP) is 13.0. The molecule has 6 nitrogen and oxygen atoms in total. The number of hydrogen-bond donors (Lipinski definition) is 3. The number of carbonyl (C=O) groups is 2. The van der Waals surface area contributed by atoms with Crippen LogP contribution in [0.3, 0.4) is 0 Å². The van der Waals surface area contributed by atoms with Gasteiger partial charge in [-0.2, -0.15) is 12.6 Å². The number of piperidine rings is 1. The second-order valence-electron chi connectivity index (χ2n) is 15.2. The number of carbonyl (C=O) groups excluding carboxylic acids is 1. The van der Waals surface area contributed by atoms with Crippen molar-refractivity contribution < 1.29 is 24.2 Å². The zero-order valence-corrected chi connectivity index (χ0v) is 38.3. The van der Waals surface area contributed by atoms with E-state index in [1.165, 1.54) is 148 Å². The average Bonchev–Trinajstić information content (AvgIpc) is 3.69. The Morgan fingerprint density at radius 2 is 1.21 bits per heavy atom. The fraction of sp³-hybridized carbons (Fsp3) is 0.911. The molecule has 2 N–H and O–H groups in total. The minimum atomic E-state index is -0.591. The second-order valence-corrected chi connectivity index (χ2v) is 16.6. The summed E-state index contributed by atoms with van der Waals surface area (Å²) >= 11 is 7.24. The topological polar surface area (TPSA) is 84.9 Å². The van der Waals surface area contributed by atoms with Gasteiger partial charge in [0.2, 0.25) is 0 Å². The molecule has 1 aliphatic heterocycles. The normalized spacial score (nSPS) is 15.2. The first kappa shape index (κ1) is 56.8. The van der Waals surface area contributed by atoms with Crippen molar-refractivity contribution in [2.75, 3.05) is 33.1 Å². The fourth-order valence-electron chi connectivity index (χ4n) is 6.61. The molecule has 0 bridgehead atoms. The first-order valence-corrected chi connectivity index (χ1v) is 23.9. The summed E-state index contributed by atoms with van der Waals surface area (Å²) in [5, 5.41) is 13.6. The molecule has 0 aromatic heterocycles. The van der Waals surface area contributed by atoms with Crippen molar-refractivity contribution in [3.63, 3.8) is 0 Å². The van der Waals surface area contributed by atoms with Gasteiger partial charge in [-0.15, -0.1) is 6.58 Å². The number of methoxy groups -OCH3 is 1. The monoisotopic (exact) mass is 837 g/mol. The van der Waals surface area contributed by atoms with E-state index in [-0.39, 0.29) is 12.0 Å². The molecule has 1 radical (unpaired) electrons. The number of aliphatic carboxylic acids is 1. The molecule has 1 aliphatic carbocycles. The average molecular weight is 836 g/mol. The van der Waals surface area contributed by atoms with Gasteiger partial charge >= 0.3 is 107 Å². The summed E-state index contributed by atoms with van der Waals surface area (Å²) in [6, 6.07) is 0. The Morgan fingerprint density at radius 1 is 0.774 bits per heavy atom. The van der Waals surface area contributed by atoms with Gasteiger partial charge in [-0.05, 0) is 75.6 Å². The Bertz CT molecular complexity index is 719. The van der Waals surface area contributed by atoms with Gasteiger partial charge < -0.3 is 14.8 Å². The van der Waals surface area contributed by atoms with E-state index in [4.69, 9.17) is 9.84 Å². The number of carboxylic acids is 1. The Hall–Kier alpha value is -0.531. The smallest absolute Gasteiger partial charge is 0.293 e. The molecule has 1 saturated carbocycles. The van der Waals surface area contributed by atoms with Gasteiger partial charge in [0.1, 0.15) is 6.10 Å². The van der Waals surface area contributed by atoms with Crippen LogP contribution < -0.4 is 5.32 Å². The Balaban J connectivity index is -0.000000643. The summed E-state index contributed by atoms with van der Waals surface area (Å²) in [4.78, 5) is 20.9. The molecule has 0 aromatic rings. The summed E-state index contributed by atoms with van der Waals surface area (Å²) in [5.74, 6) is 2.11. The van der Waals surface area contributed by atoms with Crippen LogP contribution in [0.2, 0.25) is 5.32 Å². The summed E-state index contributed by atoms with van der Waals surface area (Å²) < 4.78 is 8.97. The van der Waals surface area contributed by atoms with Crippen molar-refractivity contribution >= 4 is 41.1 Å². The van der Waals surface area contributed by atoms with E-state index < -0.39 is 5.97 Å². The van der Waals surface area contributed by atoms with E-state index in [1.807, 2.05) is 0 Å². The fourth-order valence-corrected chi connectivity index (χ4v) is 7.27. The van der Waals surface area contributed by atoms with Crippen LogP contribution in [0.15, 0.2) is 12.7 Å². The van der Waals surface area contributed by atoms with Crippen LogP contribution in [0.5, 0.6) is 0 Å². The van der Waals surface area contributed by atoms with Crippen molar-refractivity contribution in [2.45, 2.75) is 212 Å². The summed E-state index contributed by atoms with van der Waals surface area (Å²) in [6.45, 7) is 13.6. The largest absolute Gasteiger partial charge is 0.465 e. The number of unbranched alkanes of at least 4 members (excludes halogenated alkanes) is 14. The minimum Gasteiger partial charge on any atom is -0.465 e. The van der Waals surface area contributed by atoms with E-state index in [0.717, 1.165) is 67.9 Å². The van der Waals surface area contributed by atoms with Crippen LogP contribution in [-0.2, 0) is 19.1 Å². The standard InChI is InChI=1S/C15H29O2Se.C15H32S.C7H13N.C6H10O2.C2H6O/c1-2-3-4-5-6-8-11-14(15(16)17)12-9-7-10-13-18;1-3-4-5-6-7-9-12-15(2)13-10-8-11-14-16;1-2-7-3-5-8-6-4-7;7-5-8-6-3-1-2-4-6;1-3-2/h14H,2-13H2,1H3,(H,16,17);15-16H,3-14H2,1-2H3;2,7-8H,1,3-6H2;5-6H,1-4H2;1-2H3. The molecule has 2 fully saturated rings. The molecule has 0 aromatic carbocycles. The number of thiol groups is 1. The molecule has 1 heterocycles. The van der Waals surface area contributed by atoms with Gasteiger partial charge in [0, 0.05) is 14.2 Å². The third-order valence-electron chi connectivity index (χ3n) is 10.1. The third-order valence-corrected chi connectivity index (χ3v) is 11.0. The van der Waals surface area contributed by atoms with Crippen LogP contribution in [-0.4, -0.2) is 72.7 Å².